The molecule has 0 saturated carbocycles. The van der Waals surface area contributed by atoms with E-state index in [4.69, 9.17) is 11.6 Å². The highest BCUT2D eigenvalue weighted by Crippen LogP contribution is 2.37. The monoisotopic (exact) mass is 357 g/mol. The van der Waals surface area contributed by atoms with Crippen LogP contribution in [0.15, 0.2) is 41.4 Å². The van der Waals surface area contributed by atoms with Crippen LogP contribution >= 0.6 is 11.6 Å². The van der Waals surface area contributed by atoms with E-state index in [0.717, 1.165) is 16.7 Å². The maximum atomic E-state index is 10.7. The fourth-order valence-corrected chi connectivity index (χ4v) is 2.82. The van der Waals surface area contributed by atoms with Crippen molar-refractivity contribution in [3.8, 4) is 5.75 Å². The van der Waals surface area contributed by atoms with Crippen LogP contribution in [0.1, 0.15) is 63.8 Å². The molecule has 2 aromatic carbocycles. The van der Waals surface area contributed by atoms with Crippen LogP contribution in [-0.4, -0.2) is 11.3 Å². The number of hydrogen-bond acceptors (Lipinski definition) is 2. The molecule has 25 heavy (non-hydrogen) atoms. The molecule has 0 bridgehead atoms. The number of phenols is 1. The van der Waals surface area contributed by atoms with E-state index in [-0.39, 0.29) is 10.8 Å². The first-order chi connectivity index (χ1) is 11.5. The summed E-state index contributed by atoms with van der Waals surface area (Å²) >= 11 is 6.18. The van der Waals surface area contributed by atoms with Gasteiger partial charge in [-0.25, -0.2) is 0 Å². The Labute approximate surface area is 156 Å². The van der Waals surface area contributed by atoms with Crippen LogP contribution in [0, 0.1) is 0 Å². The second-order valence-electron chi connectivity index (χ2n) is 8.52. The normalized spacial score (nSPS) is 12.8. The van der Waals surface area contributed by atoms with E-state index in [9.17, 15) is 5.11 Å². The molecule has 2 aromatic rings. The molecule has 0 atom stereocenters. The van der Waals surface area contributed by atoms with Crippen LogP contribution < -0.4 is 0 Å². The molecular formula is C22H28ClNO. The lowest BCUT2D eigenvalue weighted by molar-refractivity contribution is 0.444. The second-order valence-corrected chi connectivity index (χ2v) is 8.93. The van der Waals surface area contributed by atoms with Gasteiger partial charge < -0.3 is 5.11 Å². The van der Waals surface area contributed by atoms with Gasteiger partial charge in [0.05, 0.1) is 6.54 Å². The van der Waals surface area contributed by atoms with Crippen molar-refractivity contribution in [2.45, 2.75) is 58.9 Å². The summed E-state index contributed by atoms with van der Waals surface area (Å²) in [5, 5.41) is 11.5. The molecule has 3 heteroatoms. The predicted molar refractivity (Wildman–Crippen MR) is 108 cm³/mol. The van der Waals surface area contributed by atoms with Crippen molar-refractivity contribution in [3.63, 3.8) is 0 Å². The first-order valence-electron chi connectivity index (χ1n) is 8.61. The van der Waals surface area contributed by atoms with Gasteiger partial charge in [-0.05, 0) is 34.1 Å². The summed E-state index contributed by atoms with van der Waals surface area (Å²) in [6.45, 7) is 13.4. The summed E-state index contributed by atoms with van der Waals surface area (Å²) in [7, 11) is 0. The van der Waals surface area contributed by atoms with Crippen molar-refractivity contribution in [3.05, 3.63) is 63.7 Å². The molecule has 2 nitrogen and oxygen atoms in total. The SMILES string of the molecule is CC(C)(C)c1cc(C=NCc2ccccc2Cl)c(O)c(C(C)(C)C)c1. The molecule has 0 fully saturated rings. The molecule has 0 aliphatic carbocycles. The van der Waals surface area contributed by atoms with Gasteiger partial charge in [0.15, 0.2) is 0 Å². The number of halogens is 1. The van der Waals surface area contributed by atoms with Crippen molar-refractivity contribution in [1.82, 2.24) is 0 Å². The lowest BCUT2D eigenvalue weighted by atomic mass is 9.79. The number of hydrogen-bond donors (Lipinski definition) is 1. The molecule has 0 heterocycles. The Morgan fingerprint density at radius 2 is 1.64 bits per heavy atom. The van der Waals surface area contributed by atoms with Crippen molar-refractivity contribution < 1.29 is 5.11 Å². The highest BCUT2D eigenvalue weighted by atomic mass is 35.5. The van der Waals surface area contributed by atoms with E-state index in [2.05, 4.69) is 52.6 Å². The summed E-state index contributed by atoms with van der Waals surface area (Å²) in [5.41, 5.74) is 3.72. The second kappa shape index (κ2) is 7.21. The van der Waals surface area contributed by atoms with Gasteiger partial charge >= 0.3 is 0 Å². The fourth-order valence-electron chi connectivity index (χ4n) is 2.63. The Hall–Kier alpha value is -1.80. The molecule has 0 unspecified atom stereocenters. The standard InChI is InChI=1S/C22H28ClNO/c1-21(2,3)17-11-16(20(25)18(12-17)22(4,5)6)14-24-13-15-9-7-8-10-19(15)23/h7-12,14,25H,13H2,1-6H3. The Bertz CT molecular complexity index is 780. The van der Waals surface area contributed by atoms with Gasteiger partial charge in [-0.3, -0.25) is 4.99 Å². The molecule has 2 rings (SSSR count). The average Bonchev–Trinajstić information content (AvgIpc) is 2.48. The van der Waals surface area contributed by atoms with E-state index < -0.39 is 0 Å². The van der Waals surface area contributed by atoms with Crippen LogP contribution in [0.4, 0.5) is 0 Å². The molecular weight excluding hydrogens is 330 g/mol. The number of nitrogens with zero attached hydrogens (tertiary/aromatic N) is 1. The molecule has 134 valence electrons. The Morgan fingerprint density at radius 1 is 1.00 bits per heavy atom. The molecule has 1 N–H and O–H groups in total. The van der Waals surface area contributed by atoms with Gasteiger partial charge in [-0.1, -0.05) is 77.4 Å². The zero-order valence-electron chi connectivity index (χ0n) is 16.0. The van der Waals surface area contributed by atoms with Gasteiger partial charge in [0.1, 0.15) is 5.75 Å². The van der Waals surface area contributed by atoms with Crippen molar-refractivity contribution in [2.24, 2.45) is 4.99 Å². The largest absolute Gasteiger partial charge is 0.507 e. The Morgan fingerprint density at radius 3 is 2.20 bits per heavy atom. The molecule has 0 spiro atoms. The number of benzene rings is 2. The molecule has 0 aromatic heterocycles. The molecule has 0 aliphatic rings. The van der Waals surface area contributed by atoms with Crippen LogP contribution in [0.5, 0.6) is 5.75 Å². The highest BCUT2D eigenvalue weighted by Gasteiger charge is 2.24. The average molecular weight is 358 g/mol. The predicted octanol–water partition coefficient (Wildman–Crippen LogP) is 6.26. The lowest BCUT2D eigenvalue weighted by Gasteiger charge is -2.27. The summed E-state index contributed by atoms with van der Waals surface area (Å²) in [4.78, 5) is 4.51. The minimum Gasteiger partial charge on any atom is -0.507 e. The van der Waals surface area contributed by atoms with Crippen LogP contribution in [0.2, 0.25) is 5.02 Å². The maximum Gasteiger partial charge on any atom is 0.128 e. The summed E-state index contributed by atoms with van der Waals surface area (Å²) in [6.07, 6.45) is 1.75. The van der Waals surface area contributed by atoms with Crippen LogP contribution in [-0.2, 0) is 17.4 Å². The minimum absolute atomic E-state index is 0.000964. The zero-order chi connectivity index (χ0) is 18.8. The van der Waals surface area contributed by atoms with Crippen molar-refractivity contribution >= 4 is 17.8 Å². The van der Waals surface area contributed by atoms with E-state index in [1.165, 1.54) is 5.56 Å². The number of aromatic hydroxyl groups is 1. The van der Waals surface area contributed by atoms with E-state index in [0.29, 0.717) is 17.3 Å². The summed E-state index contributed by atoms with van der Waals surface area (Å²) < 4.78 is 0. The first kappa shape index (κ1) is 19.5. The quantitative estimate of drug-likeness (QED) is 0.646. The highest BCUT2D eigenvalue weighted by molar-refractivity contribution is 6.31. The number of rotatable bonds is 3. The van der Waals surface area contributed by atoms with Gasteiger partial charge in [-0.2, -0.15) is 0 Å². The molecule has 0 saturated heterocycles. The van der Waals surface area contributed by atoms with Gasteiger partial charge in [0.2, 0.25) is 0 Å². The Balaban J connectivity index is 2.42. The lowest BCUT2D eigenvalue weighted by Crippen LogP contribution is -2.17. The Kier molecular flexibility index (Phi) is 5.63. The van der Waals surface area contributed by atoms with Crippen molar-refractivity contribution in [2.75, 3.05) is 0 Å². The smallest absolute Gasteiger partial charge is 0.128 e. The van der Waals surface area contributed by atoms with E-state index in [1.54, 1.807) is 6.21 Å². The summed E-state index contributed by atoms with van der Waals surface area (Å²) in [5.74, 6) is 0.309. The van der Waals surface area contributed by atoms with Crippen molar-refractivity contribution in [1.29, 1.82) is 0 Å². The van der Waals surface area contributed by atoms with Gasteiger partial charge in [0.25, 0.3) is 0 Å². The molecule has 0 aliphatic heterocycles. The van der Waals surface area contributed by atoms with Crippen LogP contribution in [0.25, 0.3) is 0 Å². The van der Waals surface area contributed by atoms with Crippen LogP contribution in [0.3, 0.4) is 0 Å². The number of phenolic OH excluding ortho intramolecular Hbond substituents is 1. The topological polar surface area (TPSA) is 32.6 Å². The van der Waals surface area contributed by atoms with Gasteiger partial charge in [-0.15, -0.1) is 0 Å². The van der Waals surface area contributed by atoms with E-state index >= 15 is 0 Å². The molecule has 0 radical (unpaired) electrons. The van der Waals surface area contributed by atoms with E-state index in [1.807, 2.05) is 30.3 Å². The maximum absolute atomic E-state index is 10.7. The van der Waals surface area contributed by atoms with Gasteiger partial charge in [0, 0.05) is 22.4 Å². The third-order valence-corrected chi connectivity index (χ3v) is 4.63. The fraction of sp³-hybridized carbons (Fsp3) is 0.409. The first-order valence-corrected chi connectivity index (χ1v) is 8.99. The summed E-state index contributed by atoms with van der Waals surface area (Å²) in [6, 6.07) is 11.8. The molecule has 0 amide bonds. The minimum atomic E-state index is -0.142. The third kappa shape index (κ3) is 4.85. The number of aliphatic imine (C=N–C) groups is 1. The third-order valence-electron chi connectivity index (χ3n) is 4.26. The zero-order valence-corrected chi connectivity index (χ0v) is 16.8.